The standard InChI is InChI=1S/C20H20F2N4O2/c1-4-26-13(3)23-17-11-15(7-10-18(17)26)19(27)25-24-12(2)14-5-8-16(9-6-14)28-20(21)22/h5-11,20H,4H2,1-3H3,(H,25,27)/b24-12-. The molecule has 0 atom stereocenters. The topological polar surface area (TPSA) is 68.5 Å². The van der Waals surface area contributed by atoms with E-state index in [9.17, 15) is 13.6 Å². The molecule has 1 amide bonds. The Balaban J connectivity index is 1.72. The number of fused-ring (bicyclic) bond motifs is 1. The molecule has 1 N–H and O–H groups in total. The molecule has 0 saturated heterocycles. The summed E-state index contributed by atoms with van der Waals surface area (Å²) in [6, 6.07) is 11.3. The Morgan fingerprint density at radius 1 is 1.21 bits per heavy atom. The molecule has 1 aromatic heterocycles. The van der Waals surface area contributed by atoms with Crippen LogP contribution in [0.3, 0.4) is 0 Å². The highest BCUT2D eigenvalue weighted by atomic mass is 19.3. The SMILES string of the molecule is CCn1c(C)nc2cc(C(=O)N/N=C(/C)c3ccc(OC(F)F)cc3)ccc21. The van der Waals surface area contributed by atoms with Crippen LogP contribution < -0.4 is 10.2 Å². The van der Waals surface area contributed by atoms with Gasteiger partial charge in [0.2, 0.25) is 0 Å². The number of hydrogen-bond donors (Lipinski definition) is 1. The van der Waals surface area contributed by atoms with Gasteiger partial charge in [0.05, 0.1) is 16.7 Å². The predicted molar refractivity (Wildman–Crippen MR) is 103 cm³/mol. The van der Waals surface area contributed by atoms with Crippen molar-refractivity contribution in [3.8, 4) is 5.75 Å². The average Bonchev–Trinajstić information content (AvgIpc) is 2.99. The normalized spacial score (nSPS) is 11.9. The first-order chi connectivity index (χ1) is 13.4. The largest absolute Gasteiger partial charge is 0.435 e. The Morgan fingerprint density at radius 3 is 2.54 bits per heavy atom. The fraction of sp³-hybridized carbons (Fsp3) is 0.250. The quantitative estimate of drug-likeness (QED) is 0.512. The van der Waals surface area contributed by atoms with E-state index in [0.29, 0.717) is 16.8 Å². The van der Waals surface area contributed by atoms with Gasteiger partial charge in [-0.25, -0.2) is 10.4 Å². The van der Waals surface area contributed by atoms with Crippen LogP contribution in [0.2, 0.25) is 0 Å². The monoisotopic (exact) mass is 386 g/mol. The molecule has 0 spiro atoms. The Labute approximate surface area is 160 Å². The summed E-state index contributed by atoms with van der Waals surface area (Å²) in [6.07, 6.45) is 0. The number of halogens is 2. The zero-order valence-corrected chi connectivity index (χ0v) is 15.7. The third-order valence-electron chi connectivity index (χ3n) is 4.34. The summed E-state index contributed by atoms with van der Waals surface area (Å²) in [6.45, 7) is 3.61. The van der Waals surface area contributed by atoms with E-state index in [1.807, 2.05) is 19.9 Å². The van der Waals surface area contributed by atoms with Crippen LogP contribution in [0.25, 0.3) is 11.0 Å². The molecule has 1 heterocycles. The van der Waals surface area contributed by atoms with Gasteiger partial charge in [-0.2, -0.15) is 13.9 Å². The molecule has 0 aliphatic heterocycles. The van der Waals surface area contributed by atoms with Crippen LogP contribution in [0.1, 0.15) is 35.6 Å². The number of benzene rings is 2. The van der Waals surface area contributed by atoms with Crippen LogP contribution in [0, 0.1) is 6.92 Å². The Hall–Kier alpha value is -3.29. The highest BCUT2D eigenvalue weighted by molar-refractivity contribution is 6.01. The summed E-state index contributed by atoms with van der Waals surface area (Å²) < 4.78 is 30.8. The fourth-order valence-corrected chi connectivity index (χ4v) is 2.93. The summed E-state index contributed by atoms with van der Waals surface area (Å²) >= 11 is 0. The van der Waals surface area contributed by atoms with E-state index >= 15 is 0 Å². The molecule has 0 radical (unpaired) electrons. The zero-order valence-electron chi connectivity index (χ0n) is 15.7. The summed E-state index contributed by atoms with van der Waals surface area (Å²) in [5.74, 6) is 0.594. The van der Waals surface area contributed by atoms with Crippen molar-refractivity contribution in [2.24, 2.45) is 5.10 Å². The van der Waals surface area contributed by atoms with Gasteiger partial charge >= 0.3 is 6.61 Å². The third kappa shape index (κ3) is 4.16. The van der Waals surface area contributed by atoms with E-state index in [0.717, 1.165) is 23.4 Å². The van der Waals surface area contributed by atoms with Gasteiger partial charge in [-0.3, -0.25) is 4.79 Å². The molecule has 146 valence electrons. The molecule has 0 aliphatic carbocycles. The van der Waals surface area contributed by atoms with Crippen LogP contribution in [0.5, 0.6) is 5.75 Å². The number of aryl methyl sites for hydroxylation is 2. The Morgan fingerprint density at radius 2 is 1.89 bits per heavy atom. The third-order valence-corrected chi connectivity index (χ3v) is 4.34. The lowest BCUT2D eigenvalue weighted by Crippen LogP contribution is -2.19. The maximum atomic E-state index is 12.4. The zero-order chi connectivity index (χ0) is 20.3. The van der Waals surface area contributed by atoms with E-state index in [1.54, 1.807) is 31.2 Å². The van der Waals surface area contributed by atoms with Crippen molar-refractivity contribution in [3.63, 3.8) is 0 Å². The number of aromatic nitrogens is 2. The molecule has 3 aromatic rings. The minimum absolute atomic E-state index is 0.0608. The Kier molecular flexibility index (Phi) is 5.67. The first-order valence-corrected chi connectivity index (χ1v) is 8.75. The van der Waals surface area contributed by atoms with Crippen molar-refractivity contribution < 1.29 is 18.3 Å². The fourth-order valence-electron chi connectivity index (χ4n) is 2.93. The number of imidazole rings is 1. The number of hydrazone groups is 1. The van der Waals surface area contributed by atoms with Crippen LogP contribution >= 0.6 is 0 Å². The van der Waals surface area contributed by atoms with E-state index < -0.39 is 6.61 Å². The van der Waals surface area contributed by atoms with Crippen molar-refractivity contribution in [2.45, 2.75) is 33.9 Å². The molecule has 0 aliphatic rings. The predicted octanol–water partition coefficient (Wildman–Crippen LogP) is 4.12. The molecule has 8 heteroatoms. The molecule has 0 saturated carbocycles. The number of nitrogens with one attached hydrogen (secondary N) is 1. The van der Waals surface area contributed by atoms with Crippen LogP contribution in [0.15, 0.2) is 47.6 Å². The van der Waals surface area contributed by atoms with Gasteiger partial charge in [0.25, 0.3) is 5.91 Å². The van der Waals surface area contributed by atoms with Gasteiger partial charge in [-0.15, -0.1) is 0 Å². The molecule has 0 bridgehead atoms. The second-order valence-electron chi connectivity index (χ2n) is 6.15. The summed E-state index contributed by atoms with van der Waals surface area (Å²) in [7, 11) is 0. The maximum absolute atomic E-state index is 12.4. The maximum Gasteiger partial charge on any atom is 0.387 e. The van der Waals surface area contributed by atoms with Crippen molar-refractivity contribution in [2.75, 3.05) is 0 Å². The molecular formula is C20H20F2N4O2. The van der Waals surface area contributed by atoms with E-state index in [2.05, 4.69) is 24.8 Å². The van der Waals surface area contributed by atoms with Gasteiger partial charge in [0.1, 0.15) is 11.6 Å². The number of amides is 1. The number of hydrogen-bond acceptors (Lipinski definition) is 4. The number of carbonyl (C=O) groups excluding carboxylic acids is 1. The lowest BCUT2D eigenvalue weighted by Gasteiger charge is -2.06. The van der Waals surface area contributed by atoms with E-state index in [1.165, 1.54) is 12.1 Å². The van der Waals surface area contributed by atoms with Gasteiger partial charge in [0.15, 0.2) is 0 Å². The lowest BCUT2D eigenvalue weighted by atomic mass is 10.1. The minimum atomic E-state index is -2.87. The minimum Gasteiger partial charge on any atom is -0.435 e. The molecule has 28 heavy (non-hydrogen) atoms. The molecule has 6 nitrogen and oxygen atoms in total. The van der Waals surface area contributed by atoms with Gasteiger partial charge < -0.3 is 9.30 Å². The number of rotatable bonds is 6. The first-order valence-electron chi connectivity index (χ1n) is 8.75. The van der Waals surface area contributed by atoms with Gasteiger partial charge in [-0.05, 0) is 68.8 Å². The molecular weight excluding hydrogens is 366 g/mol. The highest BCUT2D eigenvalue weighted by Gasteiger charge is 2.11. The van der Waals surface area contributed by atoms with Crippen molar-refractivity contribution in [1.82, 2.24) is 15.0 Å². The summed E-state index contributed by atoms with van der Waals surface area (Å²) in [5.41, 5.74) is 5.89. The van der Waals surface area contributed by atoms with Gasteiger partial charge in [0, 0.05) is 12.1 Å². The Bertz CT molecular complexity index is 1030. The number of alkyl halides is 2. The van der Waals surface area contributed by atoms with E-state index in [4.69, 9.17) is 0 Å². The summed E-state index contributed by atoms with van der Waals surface area (Å²) in [5, 5.41) is 4.08. The highest BCUT2D eigenvalue weighted by Crippen LogP contribution is 2.18. The molecule has 0 fully saturated rings. The van der Waals surface area contributed by atoms with Crippen LogP contribution in [-0.2, 0) is 6.54 Å². The van der Waals surface area contributed by atoms with Crippen LogP contribution in [-0.4, -0.2) is 27.8 Å². The molecule has 2 aromatic carbocycles. The second-order valence-corrected chi connectivity index (χ2v) is 6.15. The van der Waals surface area contributed by atoms with Crippen molar-refractivity contribution in [1.29, 1.82) is 0 Å². The second kappa shape index (κ2) is 8.16. The lowest BCUT2D eigenvalue weighted by molar-refractivity contribution is -0.0498. The smallest absolute Gasteiger partial charge is 0.387 e. The first kappa shape index (κ1) is 19.5. The van der Waals surface area contributed by atoms with Crippen molar-refractivity contribution in [3.05, 3.63) is 59.4 Å². The summed E-state index contributed by atoms with van der Waals surface area (Å²) in [4.78, 5) is 16.9. The molecule has 3 rings (SSSR count). The van der Waals surface area contributed by atoms with Crippen LogP contribution in [0.4, 0.5) is 8.78 Å². The number of nitrogens with zero attached hydrogens (tertiary/aromatic N) is 3. The van der Waals surface area contributed by atoms with Gasteiger partial charge in [-0.1, -0.05) is 0 Å². The molecule has 0 unspecified atom stereocenters. The van der Waals surface area contributed by atoms with Crippen molar-refractivity contribution >= 4 is 22.7 Å². The average molecular weight is 386 g/mol. The van der Waals surface area contributed by atoms with E-state index in [-0.39, 0.29) is 11.7 Å². The number of ether oxygens (including phenoxy) is 1. The number of carbonyl (C=O) groups is 1.